The summed E-state index contributed by atoms with van der Waals surface area (Å²) in [5, 5.41) is 9.19. The Kier molecular flexibility index (Phi) is 13.9. The number of aryl methyl sites for hydroxylation is 6. The molecule has 1 aliphatic carbocycles. The van der Waals surface area contributed by atoms with Gasteiger partial charge in [-0.2, -0.15) is 0 Å². The van der Waals surface area contributed by atoms with E-state index in [1.165, 1.54) is 127 Å². The van der Waals surface area contributed by atoms with E-state index in [1.54, 1.807) is 0 Å². The number of nitrogens with zero attached hydrogens (tertiary/aromatic N) is 1. The molecular weight excluding hydrogens is 819 g/mol. The molecule has 1 heterocycles. The summed E-state index contributed by atoms with van der Waals surface area (Å²) in [6.45, 7) is 25.6. The Balaban J connectivity index is 0.000000154. The molecule has 0 N–H and O–H groups in total. The highest BCUT2D eigenvalue weighted by Gasteiger charge is 2.37. The Morgan fingerprint density at radius 1 is 0.529 bits per heavy atom. The summed E-state index contributed by atoms with van der Waals surface area (Å²) in [5.41, 5.74) is 21.4. The van der Waals surface area contributed by atoms with Crippen molar-refractivity contribution in [2.24, 2.45) is 7.05 Å². The molecule has 0 aliphatic heterocycles. The zero-order valence-corrected chi connectivity index (χ0v) is 42.2. The summed E-state index contributed by atoms with van der Waals surface area (Å²) in [6, 6.07) is 60.4. The molecule has 11 rings (SSSR count). The Morgan fingerprint density at radius 3 is 1.87 bits per heavy atom. The molecule has 0 spiro atoms. The number of aromatic nitrogens is 1. The first-order valence-electron chi connectivity index (χ1n) is 24.5. The van der Waals surface area contributed by atoms with Crippen molar-refractivity contribution in [3.05, 3.63) is 227 Å². The highest BCUT2D eigenvalue weighted by Crippen LogP contribution is 2.53. The van der Waals surface area contributed by atoms with Crippen molar-refractivity contribution in [2.45, 2.75) is 81.1 Å². The van der Waals surface area contributed by atoms with Gasteiger partial charge in [-0.15, -0.1) is 0 Å². The standard InChI is InChI=1S/C34H26.C16H18.C15H17N.C2H6/c1-21-12-16-29-31(18-21)34(2,3)32-20-30(27-10-6-7-11-28(27)33(29)32)24-15-17-26-23(19-24)14-13-22-8-4-5-9-25(22)26;1-4-14-7-5-6-8-16(14)15-10-9-12(2)11-13(15)3;1-5-7-12-13-10-11(3)8-9-15(13)16(4)14(12)6-2;1-2/h4-20H,1-3H3;5-11H,4H2,1-3H3;5-10H,2H2,1,3-4H3;1-2H3/b;;7-5-;. The van der Waals surface area contributed by atoms with Crippen molar-refractivity contribution in [1.29, 1.82) is 0 Å². The van der Waals surface area contributed by atoms with Crippen LogP contribution in [0.1, 0.15) is 91.7 Å². The minimum absolute atomic E-state index is 0.0253. The first kappa shape index (κ1) is 47.3. The van der Waals surface area contributed by atoms with Crippen molar-refractivity contribution in [3.8, 4) is 33.4 Å². The molecule has 68 heavy (non-hydrogen) atoms. The van der Waals surface area contributed by atoms with Gasteiger partial charge < -0.3 is 4.57 Å². The van der Waals surface area contributed by atoms with Crippen LogP contribution in [0.15, 0.2) is 176 Å². The Hall–Kier alpha value is -7.22. The van der Waals surface area contributed by atoms with E-state index in [0.29, 0.717) is 0 Å². The Bertz CT molecular complexity index is 3510. The highest BCUT2D eigenvalue weighted by atomic mass is 14.9. The van der Waals surface area contributed by atoms with Gasteiger partial charge >= 0.3 is 0 Å². The first-order chi connectivity index (χ1) is 32.9. The van der Waals surface area contributed by atoms with Crippen LogP contribution in [0, 0.1) is 27.7 Å². The van der Waals surface area contributed by atoms with E-state index < -0.39 is 0 Å². The van der Waals surface area contributed by atoms with Crippen molar-refractivity contribution in [1.82, 2.24) is 4.57 Å². The van der Waals surface area contributed by atoms with Crippen LogP contribution in [-0.4, -0.2) is 4.57 Å². The molecule has 0 radical (unpaired) electrons. The molecule has 0 amide bonds. The summed E-state index contributed by atoms with van der Waals surface area (Å²) in [5.74, 6) is 0. The van der Waals surface area contributed by atoms with Gasteiger partial charge in [-0.25, -0.2) is 0 Å². The minimum atomic E-state index is -0.0253. The second-order valence-electron chi connectivity index (χ2n) is 18.7. The van der Waals surface area contributed by atoms with Gasteiger partial charge in [0.2, 0.25) is 0 Å². The topological polar surface area (TPSA) is 4.93 Å². The normalized spacial score (nSPS) is 12.2. The molecule has 340 valence electrons. The van der Waals surface area contributed by atoms with E-state index in [2.05, 4.69) is 243 Å². The third-order valence-electron chi connectivity index (χ3n) is 13.9. The molecule has 10 aromatic rings. The van der Waals surface area contributed by atoms with Crippen molar-refractivity contribution >= 4 is 55.4 Å². The molecule has 1 nitrogen and oxygen atoms in total. The quantitative estimate of drug-likeness (QED) is 0.152. The fourth-order valence-electron chi connectivity index (χ4n) is 10.5. The van der Waals surface area contributed by atoms with Crippen LogP contribution < -0.4 is 0 Å². The van der Waals surface area contributed by atoms with Crippen LogP contribution in [0.5, 0.6) is 0 Å². The van der Waals surface area contributed by atoms with Crippen LogP contribution in [0.25, 0.3) is 88.8 Å². The Morgan fingerprint density at radius 2 is 1.15 bits per heavy atom. The number of hydrogen-bond donors (Lipinski definition) is 0. The number of hydrogen-bond acceptors (Lipinski definition) is 0. The lowest BCUT2D eigenvalue weighted by Crippen LogP contribution is -2.15. The van der Waals surface area contributed by atoms with Gasteiger partial charge in [-0.1, -0.05) is 210 Å². The summed E-state index contributed by atoms with van der Waals surface area (Å²) >= 11 is 0. The summed E-state index contributed by atoms with van der Waals surface area (Å²) < 4.78 is 2.19. The van der Waals surface area contributed by atoms with Crippen LogP contribution in [0.2, 0.25) is 0 Å². The third-order valence-corrected chi connectivity index (χ3v) is 13.9. The monoisotopic (exact) mass is 886 g/mol. The summed E-state index contributed by atoms with van der Waals surface area (Å²) in [4.78, 5) is 0. The number of rotatable bonds is 5. The predicted molar refractivity (Wildman–Crippen MR) is 301 cm³/mol. The first-order valence-corrected chi connectivity index (χ1v) is 24.5. The van der Waals surface area contributed by atoms with E-state index in [4.69, 9.17) is 0 Å². The van der Waals surface area contributed by atoms with Gasteiger partial charge in [0.05, 0.1) is 0 Å². The van der Waals surface area contributed by atoms with Gasteiger partial charge in [0, 0.05) is 34.6 Å². The molecule has 1 aromatic heterocycles. The maximum atomic E-state index is 3.90. The van der Waals surface area contributed by atoms with Crippen LogP contribution in [0.3, 0.4) is 0 Å². The van der Waals surface area contributed by atoms with E-state index in [0.717, 1.165) is 6.42 Å². The number of allylic oxidation sites excluding steroid dienone is 1. The van der Waals surface area contributed by atoms with E-state index in [1.807, 2.05) is 26.8 Å². The number of fused-ring (bicyclic) bond motifs is 9. The maximum absolute atomic E-state index is 3.90. The van der Waals surface area contributed by atoms with Gasteiger partial charge in [-0.3, -0.25) is 0 Å². The average molecular weight is 886 g/mol. The lowest BCUT2D eigenvalue weighted by molar-refractivity contribution is 0.660. The lowest BCUT2D eigenvalue weighted by atomic mass is 9.80. The molecule has 0 unspecified atom stereocenters. The average Bonchev–Trinajstić information content (AvgIpc) is 3.75. The lowest BCUT2D eigenvalue weighted by Gasteiger charge is -2.23. The third kappa shape index (κ3) is 8.75. The van der Waals surface area contributed by atoms with E-state index in [9.17, 15) is 0 Å². The zero-order chi connectivity index (χ0) is 48.3. The molecule has 0 saturated heterocycles. The fourth-order valence-corrected chi connectivity index (χ4v) is 10.5. The van der Waals surface area contributed by atoms with E-state index in [-0.39, 0.29) is 5.41 Å². The number of benzene rings is 9. The largest absolute Gasteiger partial charge is 0.344 e. The maximum Gasteiger partial charge on any atom is 0.0488 e. The van der Waals surface area contributed by atoms with Gasteiger partial charge in [0.25, 0.3) is 0 Å². The fraction of sp³-hybridized carbons (Fsp3) is 0.194. The van der Waals surface area contributed by atoms with Gasteiger partial charge in [0.15, 0.2) is 0 Å². The van der Waals surface area contributed by atoms with Crippen LogP contribution >= 0.6 is 0 Å². The molecular formula is C67H67N. The van der Waals surface area contributed by atoms with Crippen LogP contribution in [-0.2, 0) is 18.9 Å². The Labute approximate surface area is 406 Å². The molecule has 0 atom stereocenters. The van der Waals surface area contributed by atoms with Gasteiger partial charge in [-0.05, 0) is 159 Å². The second kappa shape index (κ2) is 19.9. The SMILES string of the molecule is C=Cc1c(/C=C\C)c2cc(C)ccc2n1C.CC.CCc1ccccc1-c1ccc(C)cc1C.Cc1ccc2c(c1)C(C)(C)c1cc(-c3ccc4c(ccc5ccccc54)c3)c3ccccc3c1-2. The zero-order valence-electron chi connectivity index (χ0n) is 42.2. The smallest absolute Gasteiger partial charge is 0.0488 e. The van der Waals surface area contributed by atoms with E-state index >= 15 is 0 Å². The second-order valence-corrected chi connectivity index (χ2v) is 18.7. The molecule has 9 aromatic carbocycles. The minimum Gasteiger partial charge on any atom is -0.344 e. The summed E-state index contributed by atoms with van der Waals surface area (Å²) in [7, 11) is 2.08. The molecule has 0 saturated carbocycles. The molecule has 1 heteroatoms. The molecule has 1 aliphatic rings. The van der Waals surface area contributed by atoms with Crippen molar-refractivity contribution < 1.29 is 0 Å². The molecule has 0 bridgehead atoms. The van der Waals surface area contributed by atoms with Crippen molar-refractivity contribution in [3.63, 3.8) is 0 Å². The van der Waals surface area contributed by atoms with Crippen LogP contribution in [0.4, 0.5) is 0 Å². The highest BCUT2D eigenvalue weighted by molar-refractivity contribution is 6.12. The van der Waals surface area contributed by atoms with Gasteiger partial charge in [0.1, 0.15) is 0 Å². The van der Waals surface area contributed by atoms with Crippen molar-refractivity contribution in [2.75, 3.05) is 0 Å². The molecule has 0 fully saturated rings. The predicted octanol–water partition coefficient (Wildman–Crippen LogP) is 19.1. The summed E-state index contributed by atoms with van der Waals surface area (Å²) in [6.07, 6.45) is 7.23.